The quantitative estimate of drug-likeness (QED) is 0.502. The Bertz CT molecular complexity index is 1080. The zero-order valence-corrected chi connectivity index (χ0v) is 17.3. The maximum Gasteiger partial charge on any atom is 0.435 e. The van der Waals surface area contributed by atoms with Crippen molar-refractivity contribution in [2.75, 3.05) is 18.0 Å². The van der Waals surface area contributed by atoms with E-state index in [0.717, 1.165) is 23.0 Å². The first kappa shape index (κ1) is 22.9. The predicted molar refractivity (Wildman–Crippen MR) is 106 cm³/mol. The zero-order chi connectivity index (χ0) is 23.8. The summed E-state index contributed by atoms with van der Waals surface area (Å²) in [5.41, 5.74) is -1.93. The number of anilines is 1. The van der Waals surface area contributed by atoms with Gasteiger partial charge >= 0.3 is 12.4 Å². The van der Waals surface area contributed by atoms with E-state index in [1.807, 2.05) is 11.8 Å². The number of pyridine rings is 2. The third kappa shape index (κ3) is 5.04. The van der Waals surface area contributed by atoms with E-state index in [0.29, 0.717) is 25.3 Å². The number of halogens is 6. The van der Waals surface area contributed by atoms with E-state index >= 15 is 0 Å². The van der Waals surface area contributed by atoms with Crippen molar-refractivity contribution in [3.8, 4) is 11.7 Å². The second kappa shape index (κ2) is 8.56. The van der Waals surface area contributed by atoms with Crippen molar-refractivity contribution < 1.29 is 31.1 Å². The Labute approximate surface area is 184 Å². The molecule has 0 saturated carbocycles. The Morgan fingerprint density at radius 2 is 1.76 bits per heavy atom. The van der Waals surface area contributed by atoms with Crippen molar-refractivity contribution in [1.82, 2.24) is 19.7 Å². The summed E-state index contributed by atoms with van der Waals surface area (Å²) in [6, 6.07) is 7.89. The van der Waals surface area contributed by atoms with Gasteiger partial charge < -0.3 is 9.64 Å². The van der Waals surface area contributed by atoms with Crippen LogP contribution in [0.4, 0.5) is 32.2 Å². The average molecular weight is 471 g/mol. The summed E-state index contributed by atoms with van der Waals surface area (Å²) in [5.74, 6) is 0.344. The number of piperidine rings is 1. The summed E-state index contributed by atoms with van der Waals surface area (Å²) in [7, 11) is 0. The van der Waals surface area contributed by atoms with Crippen LogP contribution < -0.4 is 9.64 Å². The molecule has 0 bridgehead atoms. The standard InChI is InChI=1S/C21H19F6N5O/c1-13-12-31(17-6-5-14(11-29-17)20(22,23)24)9-7-15(13)33-19-10-16(21(25,26)27)30-32(19)18-4-2-3-8-28-18/h2-6,8,10-11,13,15H,7,9,12H2,1H3/t13-,15-/m0/s1. The lowest BCUT2D eigenvalue weighted by atomic mass is 9.96. The fourth-order valence-electron chi connectivity index (χ4n) is 3.63. The highest BCUT2D eigenvalue weighted by molar-refractivity contribution is 5.40. The second-order valence-corrected chi connectivity index (χ2v) is 7.74. The van der Waals surface area contributed by atoms with Crippen LogP contribution in [0.25, 0.3) is 5.82 Å². The van der Waals surface area contributed by atoms with Crippen LogP contribution in [0.15, 0.2) is 48.8 Å². The van der Waals surface area contributed by atoms with Crippen molar-refractivity contribution in [3.05, 3.63) is 60.0 Å². The van der Waals surface area contributed by atoms with Crippen LogP contribution >= 0.6 is 0 Å². The minimum atomic E-state index is -4.65. The van der Waals surface area contributed by atoms with Gasteiger partial charge in [0.15, 0.2) is 11.5 Å². The molecule has 6 nitrogen and oxygen atoms in total. The summed E-state index contributed by atoms with van der Waals surface area (Å²) in [5, 5.41) is 3.62. The van der Waals surface area contributed by atoms with Crippen molar-refractivity contribution in [2.45, 2.75) is 31.8 Å². The molecule has 3 aromatic heterocycles. The number of hydrogen-bond acceptors (Lipinski definition) is 5. The molecule has 1 aliphatic heterocycles. The first-order valence-corrected chi connectivity index (χ1v) is 10.1. The molecule has 4 heterocycles. The molecular weight excluding hydrogens is 452 g/mol. The van der Waals surface area contributed by atoms with Gasteiger partial charge in [-0.3, -0.25) is 0 Å². The van der Waals surface area contributed by atoms with Gasteiger partial charge in [0.25, 0.3) is 0 Å². The Morgan fingerprint density at radius 3 is 2.33 bits per heavy atom. The number of alkyl halides is 6. The molecule has 2 atom stereocenters. The number of rotatable bonds is 4. The molecule has 0 aromatic carbocycles. The molecule has 4 rings (SSSR count). The summed E-state index contributed by atoms with van der Waals surface area (Å²) >= 11 is 0. The normalized spacial score (nSPS) is 19.5. The highest BCUT2D eigenvalue weighted by Crippen LogP contribution is 2.34. The largest absolute Gasteiger partial charge is 0.474 e. The molecule has 0 aliphatic carbocycles. The van der Waals surface area contributed by atoms with Gasteiger partial charge in [0.05, 0.1) is 5.56 Å². The van der Waals surface area contributed by atoms with E-state index in [1.54, 1.807) is 12.1 Å². The summed E-state index contributed by atoms with van der Waals surface area (Å²) in [6.07, 6.45) is -6.90. The summed E-state index contributed by atoms with van der Waals surface area (Å²) in [4.78, 5) is 9.79. The minimum Gasteiger partial charge on any atom is -0.474 e. The second-order valence-electron chi connectivity index (χ2n) is 7.74. The van der Waals surface area contributed by atoms with E-state index in [9.17, 15) is 26.3 Å². The molecule has 0 amide bonds. The maximum absolute atomic E-state index is 13.3. The molecule has 176 valence electrons. The average Bonchev–Trinajstić information content (AvgIpc) is 3.20. The number of ether oxygens (including phenoxy) is 1. The smallest absolute Gasteiger partial charge is 0.435 e. The van der Waals surface area contributed by atoms with Crippen molar-refractivity contribution >= 4 is 5.82 Å². The maximum atomic E-state index is 13.3. The van der Waals surface area contributed by atoms with Gasteiger partial charge in [-0.1, -0.05) is 13.0 Å². The van der Waals surface area contributed by atoms with Crippen molar-refractivity contribution in [1.29, 1.82) is 0 Å². The summed E-state index contributed by atoms with van der Waals surface area (Å²) in [6.45, 7) is 2.68. The molecule has 3 aromatic rings. The predicted octanol–water partition coefficient (Wildman–Crippen LogP) is 4.99. The highest BCUT2D eigenvalue weighted by Gasteiger charge is 2.37. The van der Waals surface area contributed by atoms with E-state index < -0.39 is 29.7 Å². The summed E-state index contributed by atoms with van der Waals surface area (Å²) < 4.78 is 85.0. The van der Waals surface area contributed by atoms with Gasteiger partial charge in [0.1, 0.15) is 11.9 Å². The molecular formula is C21H19F6N5O. The number of hydrogen-bond donors (Lipinski definition) is 0. The van der Waals surface area contributed by atoms with Crippen LogP contribution in [0.3, 0.4) is 0 Å². The molecule has 0 spiro atoms. The van der Waals surface area contributed by atoms with Crippen molar-refractivity contribution in [3.63, 3.8) is 0 Å². The van der Waals surface area contributed by atoms with Crippen LogP contribution in [-0.4, -0.2) is 38.9 Å². The Balaban J connectivity index is 1.50. The van der Waals surface area contributed by atoms with E-state index in [1.165, 1.54) is 18.3 Å². The molecule has 0 N–H and O–H groups in total. The van der Waals surface area contributed by atoms with Crippen LogP contribution in [-0.2, 0) is 12.4 Å². The first-order chi connectivity index (χ1) is 15.5. The first-order valence-electron chi connectivity index (χ1n) is 10.1. The number of aromatic nitrogens is 4. The zero-order valence-electron chi connectivity index (χ0n) is 17.3. The van der Waals surface area contributed by atoms with Crippen LogP contribution in [0.1, 0.15) is 24.6 Å². The Hall–Kier alpha value is -3.31. The Kier molecular flexibility index (Phi) is 5.93. The monoisotopic (exact) mass is 471 g/mol. The number of nitrogens with zero attached hydrogens (tertiary/aromatic N) is 5. The molecule has 1 saturated heterocycles. The fourth-order valence-corrected chi connectivity index (χ4v) is 3.63. The van der Waals surface area contributed by atoms with E-state index in [-0.39, 0.29) is 17.6 Å². The van der Waals surface area contributed by atoms with Gasteiger partial charge in [-0.15, -0.1) is 0 Å². The third-order valence-electron chi connectivity index (χ3n) is 5.33. The SMILES string of the molecule is C[C@H]1CN(c2ccc(C(F)(F)F)cn2)CC[C@@H]1Oc1cc(C(F)(F)F)nn1-c1ccccn1. The molecule has 12 heteroatoms. The topological polar surface area (TPSA) is 56.1 Å². The molecule has 0 unspecified atom stereocenters. The van der Waals surface area contributed by atoms with E-state index in [4.69, 9.17) is 4.74 Å². The molecule has 1 fully saturated rings. The van der Waals surface area contributed by atoms with Crippen LogP contribution in [0.5, 0.6) is 5.88 Å². The van der Waals surface area contributed by atoms with Gasteiger partial charge in [-0.25, -0.2) is 9.97 Å². The molecule has 1 aliphatic rings. The Morgan fingerprint density at radius 1 is 0.970 bits per heavy atom. The van der Waals surface area contributed by atoms with Crippen LogP contribution in [0, 0.1) is 5.92 Å². The van der Waals surface area contributed by atoms with Gasteiger partial charge in [0.2, 0.25) is 5.88 Å². The third-order valence-corrected chi connectivity index (χ3v) is 5.33. The van der Waals surface area contributed by atoms with Gasteiger partial charge in [-0.05, 0) is 24.3 Å². The lowest BCUT2D eigenvalue weighted by Crippen LogP contribution is -2.45. The van der Waals surface area contributed by atoms with Crippen LogP contribution in [0.2, 0.25) is 0 Å². The van der Waals surface area contributed by atoms with Crippen molar-refractivity contribution in [2.24, 2.45) is 5.92 Å². The van der Waals surface area contributed by atoms with Gasteiger partial charge in [0, 0.05) is 43.9 Å². The molecule has 33 heavy (non-hydrogen) atoms. The highest BCUT2D eigenvalue weighted by atomic mass is 19.4. The minimum absolute atomic E-state index is 0.0843. The molecule has 0 radical (unpaired) electrons. The van der Waals surface area contributed by atoms with Gasteiger partial charge in [-0.2, -0.15) is 36.1 Å². The van der Waals surface area contributed by atoms with E-state index in [2.05, 4.69) is 15.1 Å². The fraction of sp³-hybridized carbons (Fsp3) is 0.381. The lowest BCUT2D eigenvalue weighted by molar-refractivity contribution is -0.141. The lowest BCUT2D eigenvalue weighted by Gasteiger charge is -2.37.